The van der Waals surface area contributed by atoms with E-state index >= 15 is 4.79 Å². The first-order valence-corrected chi connectivity index (χ1v) is 24.7. The van der Waals surface area contributed by atoms with Crippen LogP contribution >= 0.6 is 11.3 Å². The molecule has 2 aromatic heterocycles. The molecule has 0 radical (unpaired) electrons. The van der Waals surface area contributed by atoms with Crippen LogP contribution in [-0.4, -0.2) is 89.5 Å². The molecule has 1 saturated heterocycles. The third kappa shape index (κ3) is 10.9. The van der Waals surface area contributed by atoms with Gasteiger partial charge in [0.25, 0.3) is 5.91 Å². The first kappa shape index (κ1) is 49.2. The summed E-state index contributed by atoms with van der Waals surface area (Å²) in [6.45, 7) is 15.0. The van der Waals surface area contributed by atoms with Crippen LogP contribution in [0.4, 0.5) is 18.9 Å². The van der Waals surface area contributed by atoms with Gasteiger partial charge in [0.1, 0.15) is 51.7 Å². The molecular weight excluding hydrogens is 910 g/mol. The van der Waals surface area contributed by atoms with Crippen LogP contribution in [0.2, 0.25) is 0 Å². The maximum atomic E-state index is 15.1. The molecule has 360 valence electrons. The van der Waals surface area contributed by atoms with Gasteiger partial charge in [0.2, 0.25) is 21.8 Å². The van der Waals surface area contributed by atoms with Gasteiger partial charge in [-0.3, -0.25) is 19.1 Å². The highest BCUT2D eigenvalue weighted by atomic mass is 32.2. The van der Waals surface area contributed by atoms with Crippen LogP contribution < -0.4 is 29.6 Å². The molecule has 0 spiro atoms. The van der Waals surface area contributed by atoms with E-state index in [0.717, 1.165) is 36.2 Å². The summed E-state index contributed by atoms with van der Waals surface area (Å²) in [5.74, 6) is -2.06. The number of alkyl halides is 3. The van der Waals surface area contributed by atoms with E-state index in [1.165, 1.54) is 34.4 Å². The molecule has 3 aliphatic rings. The molecule has 4 aromatic rings. The lowest BCUT2D eigenvalue weighted by molar-refractivity contribution is -0.274. The maximum absolute atomic E-state index is 15.1. The standard InChI is InChI=1S/C48H57F3N6O8S2/c1-8-10-11-12-13-17-35(52-31-15-14-16-32(22-31)65-48(49,50)51)44(59)57-26-33(23-38(57)42(58)55-47(25-30(47)9-2)45(60)56-67(61,62)46(6)20-21-46)64-40-24-36(43-54-37(27-66-43)28(3)4)53-41-29(5)39(63-7)19-18-34(40)41/h8-9,14-16,18-19,22,24,27-28,30,33,35,38,52H,1-2,10-13,17,20-21,23,25-26H2,3-7H3,(H,55,58)(H,56,60)/t30-,33-,35+,38+,47-/m1/s1. The first-order chi connectivity index (χ1) is 31.7. The third-order valence-corrected chi connectivity index (χ3v) is 15.9. The summed E-state index contributed by atoms with van der Waals surface area (Å²) >= 11 is 1.44. The Kier molecular flexibility index (Phi) is 14.3. The average Bonchev–Trinajstić information content (AvgIpc) is 4.06. The predicted molar refractivity (Wildman–Crippen MR) is 250 cm³/mol. The number of anilines is 1. The minimum absolute atomic E-state index is 0.0472. The van der Waals surface area contributed by atoms with Gasteiger partial charge >= 0.3 is 6.36 Å². The van der Waals surface area contributed by atoms with E-state index in [1.54, 1.807) is 32.2 Å². The predicted octanol–water partition coefficient (Wildman–Crippen LogP) is 8.72. The van der Waals surface area contributed by atoms with Crippen molar-refractivity contribution in [2.45, 2.75) is 126 Å². The van der Waals surface area contributed by atoms with E-state index < -0.39 is 74.2 Å². The molecule has 14 nitrogen and oxygen atoms in total. The largest absolute Gasteiger partial charge is 0.573 e. The summed E-state index contributed by atoms with van der Waals surface area (Å²) in [7, 11) is -2.51. The Morgan fingerprint density at radius 2 is 1.82 bits per heavy atom. The van der Waals surface area contributed by atoms with Gasteiger partial charge < -0.3 is 29.7 Å². The number of aryl methyl sites for hydroxylation is 1. The first-order valence-electron chi connectivity index (χ1n) is 22.4. The van der Waals surface area contributed by atoms with Gasteiger partial charge in [-0.25, -0.2) is 18.4 Å². The summed E-state index contributed by atoms with van der Waals surface area (Å²) < 4.78 is 83.9. The second-order valence-electron chi connectivity index (χ2n) is 18.1. The highest BCUT2D eigenvalue weighted by molar-refractivity contribution is 7.91. The van der Waals surface area contributed by atoms with Crippen LogP contribution in [-0.2, 0) is 24.4 Å². The number of ether oxygens (including phenoxy) is 3. The number of benzene rings is 2. The number of methoxy groups -OCH3 is 1. The van der Waals surface area contributed by atoms with Gasteiger partial charge in [-0.15, -0.1) is 37.7 Å². The second kappa shape index (κ2) is 19.5. The zero-order valence-electron chi connectivity index (χ0n) is 38.2. The second-order valence-corrected chi connectivity index (χ2v) is 21.2. The zero-order chi connectivity index (χ0) is 48.5. The number of thiazole rings is 1. The summed E-state index contributed by atoms with van der Waals surface area (Å²) in [4.78, 5) is 54.9. The number of fused-ring (bicyclic) bond motifs is 1. The molecule has 5 atom stereocenters. The number of carbonyl (C=O) groups is 3. The van der Waals surface area contributed by atoms with Gasteiger partial charge in [0.05, 0.1) is 29.6 Å². The summed E-state index contributed by atoms with van der Waals surface area (Å²) in [6, 6.07) is 8.29. The number of nitrogens with one attached hydrogen (secondary N) is 3. The Balaban J connectivity index is 1.24. The monoisotopic (exact) mass is 966 g/mol. The Bertz CT molecular complexity index is 2650. The molecule has 3 amide bonds. The van der Waals surface area contributed by atoms with Crippen molar-refractivity contribution >= 4 is 55.7 Å². The van der Waals surface area contributed by atoms with E-state index in [0.29, 0.717) is 58.8 Å². The quantitative estimate of drug-likeness (QED) is 0.0538. The fourth-order valence-electron chi connectivity index (χ4n) is 8.40. The Morgan fingerprint density at radius 1 is 1.06 bits per heavy atom. The van der Waals surface area contributed by atoms with Crippen molar-refractivity contribution in [1.29, 1.82) is 0 Å². The highest BCUT2D eigenvalue weighted by Gasteiger charge is 2.63. The molecule has 2 aromatic carbocycles. The molecule has 3 fully saturated rings. The van der Waals surface area contributed by atoms with E-state index in [9.17, 15) is 31.2 Å². The molecular formula is C48H57F3N6O8S2. The van der Waals surface area contributed by atoms with Gasteiger partial charge in [-0.05, 0) is 82.6 Å². The lowest BCUT2D eigenvalue weighted by Gasteiger charge is -2.30. The number of sulfonamides is 1. The number of halogens is 3. The molecule has 2 saturated carbocycles. The van der Waals surface area contributed by atoms with E-state index in [2.05, 4.69) is 33.3 Å². The SMILES string of the molecule is C=CCCCCC[C@H](Nc1cccc(OC(F)(F)F)c1)C(=O)N1C[C@H](Oc2cc(-c3nc(C(C)C)cs3)nc3c(C)c(OC)ccc23)C[C@H]1C(=O)N[C@]1(C(=O)NS(=O)(=O)C2(C)CC2)C[C@H]1C=C. The molecule has 1 aliphatic heterocycles. The van der Waals surface area contributed by atoms with Gasteiger partial charge in [0, 0.05) is 46.5 Å². The number of aromatic nitrogens is 2. The van der Waals surface area contributed by atoms with E-state index in [1.807, 2.05) is 32.2 Å². The number of likely N-dealkylation sites (tertiary alicyclic amines) is 1. The van der Waals surface area contributed by atoms with E-state index in [-0.39, 0.29) is 37.4 Å². The molecule has 0 bridgehead atoms. The Morgan fingerprint density at radius 3 is 2.46 bits per heavy atom. The molecule has 2 aliphatic carbocycles. The maximum Gasteiger partial charge on any atom is 0.573 e. The number of hydrogen-bond acceptors (Lipinski definition) is 12. The highest BCUT2D eigenvalue weighted by Crippen LogP contribution is 2.47. The fraction of sp³-hybridized carbons (Fsp3) is 0.479. The van der Waals surface area contributed by atoms with Crippen LogP contribution in [0.25, 0.3) is 21.6 Å². The van der Waals surface area contributed by atoms with Crippen LogP contribution in [0.1, 0.15) is 95.7 Å². The van der Waals surface area contributed by atoms with Gasteiger partial charge in [-0.2, -0.15) is 0 Å². The minimum Gasteiger partial charge on any atom is -0.496 e. The van der Waals surface area contributed by atoms with Crippen LogP contribution in [0.3, 0.4) is 0 Å². The van der Waals surface area contributed by atoms with Crippen LogP contribution in [0, 0.1) is 12.8 Å². The third-order valence-electron chi connectivity index (χ3n) is 12.8. The molecule has 3 heterocycles. The number of hydrogen-bond donors (Lipinski definition) is 3. The zero-order valence-corrected chi connectivity index (χ0v) is 39.8. The molecule has 19 heteroatoms. The topological polar surface area (TPSA) is 178 Å². The Labute approximate surface area is 392 Å². The summed E-state index contributed by atoms with van der Waals surface area (Å²) in [5.41, 5.74) is 1.31. The smallest absolute Gasteiger partial charge is 0.496 e. The van der Waals surface area contributed by atoms with Crippen molar-refractivity contribution in [3.63, 3.8) is 0 Å². The van der Waals surface area contributed by atoms with Gasteiger partial charge in [-0.1, -0.05) is 44.9 Å². The fourth-order valence-corrected chi connectivity index (χ4v) is 10.7. The van der Waals surface area contributed by atoms with Crippen molar-refractivity contribution in [2.24, 2.45) is 5.92 Å². The number of nitrogens with zero attached hydrogens (tertiary/aromatic N) is 3. The average molecular weight is 967 g/mol. The number of amides is 3. The lowest BCUT2D eigenvalue weighted by Crippen LogP contribution is -2.58. The summed E-state index contributed by atoms with van der Waals surface area (Å²) in [5, 5.41) is 9.22. The molecule has 67 heavy (non-hydrogen) atoms. The Hall–Kier alpha value is -5.69. The van der Waals surface area contributed by atoms with Crippen LogP contribution in [0.15, 0.2) is 73.2 Å². The van der Waals surface area contributed by atoms with Crippen molar-refractivity contribution in [3.8, 4) is 28.0 Å². The van der Waals surface area contributed by atoms with Crippen molar-refractivity contribution in [3.05, 3.63) is 84.4 Å². The summed E-state index contributed by atoms with van der Waals surface area (Å²) in [6.07, 6.45) is 1.34. The number of pyridine rings is 1. The molecule has 0 unspecified atom stereocenters. The van der Waals surface area contributed by atoms with Gasteiger partial charge in [0.15, 0.2) is 0 Å². The van der Waals surface area contributed by atoms with Crippen molar-refractivity contribution in [2.75, 3.05) is 19.0 Å². The number of rotatable bonds is 21. The molecule has 7 rings (SSSR count). The number of unbranched alkanes of at least 4 members (excludes halogenated alkanes) is 3. The normalized spacial score (nSPS) is 21.3. The molecule has 3 N–H and O–H groups in total. The number of carbonyl (C=O) groups excluding carboxylic acids is 3. The van der Waals surface area contributed by atoms with Crippen molar-refractivity contribution in [1.82, 2.24) is 24.9 Å². The van der Waals surface area contributed by atoms with E-state index in [4.69, 9.17) is 19.4 Å². The van der Waals surface area contributed by atoms with Crippen molar-refractivity contribution < 1.29 is 50.2 Å². The lowest BCUT2D eigenvalue weighted by atomic mass is 10.0. The number of allylic oxidation sites excluding steroid dienone is 1. The minimum atomic E-state index is -4.95. The van der Waals surface area contributed by atoms with Crippen LogP contribution in [0.5, 0.6) is 17.2 Å².